The number of carbonyl (C=O) groups excluding carboxylic acids is 1. The van der Waals surface area contributed by atoms with Crippen molar-refractivity contribution < 1.29 is 9.53 Å². The zero-order valence-corrected chi connectivity index (χ0v) is 13.3. The van der Waals surface area contributed by atoms with Crippen LogP contribution >= 0.6 is 23.1 Å². The fourth-order valence-corrected chi connectivity index (χ4v) is 3.46. The van der Waals surface area contributed by atoms with Gasteiger partial charge in [-0.05, 0) is 24.3 Å². The van der Waals surface area contributed by atoms with Gasteiger partial charge in [-0.25, -0.2) is 4.98 Å². The van der Waals surface area contributed by atoms with E-state index in [4.69, 9.17) is 5.73 Å². The molecule has 1 unspecified atom stereocenters. The largest absolute Gasteiger partial charge is 0.468 e. The van der Waals surface area contributed by atoms with E-state index in [2.05, 4.69) is 14.7 Å². The van der Waals surface area contributed by atoms with Gasteiger partial charge in [-0.2, -0.15) is 11.8 Å². The van der Waals surface area contributed by atoms with E-state index in [0.717, 1.165) is 27.9 Å². The number of aromatic nitrogens is 2. The normalized spacial score (nSPS) is 12.1. The number of rotatable bonds is 7. The molecule has 0 spiro atoms. The molecular weight excluding hydrogens is 306 g/mol. The number of pyridine rings is 1. The predicted molar refractivity (Wildman–Crippen MR) is 86.1 cm³/mol. The van der Waals surface area contributed by atoms with Gasteiger partial charge in [0.25, 0.3) is 0 Å². The van der Waals surface area contributed by atoms with Crippen molar-refractivity contribution in [2.45, 2.75) is 18.2 Å². The molecule has 2 rings (SSSR count). The van der Waals surface area contributed by atoms with Gasteiger partial charge in [0, 0.05) is 17.3 Å². The number of ether oxygens (including phenoxy) is 1. The van der Waals surface area contributed by atoms with Gasteiger partial charge < -0.3 is 10.5 Å². The lowest BCUT2D eigenvalue weighted by molar-refractivity contribution is -0.142. The number of hydrogen-bond acceptors (Lipinski definition) is 7. The van der Waals surface area contributed by atoms with Crippen LogP contribution in [0.1, 0.15) is 12.1 Å². The molecule has 7 heteroatoms. The average molecular weight is 323 g/mol. The highest BCUT2D eigenvalue weighted by atomic mass is 32.2. The second-order valence-corrected chi connectivity index (χ2v) is 6.29. The van der Waals surface area contributed by atoms with Crippen LogP contribution < -0.4 is 5.73 Å². The molecule has 2 heterocycles. The Labute approximate surface area is 131 Å². The predicted octanol–water partition coefficient (Wildman–Crippen LogP) is 2.33. The minimum absolute atomic E-state index is 0.360. The summed E-state index contributed by atoms with van der Waals surface area (Å²) in [6.45, 7) is 0. The van der Waals surface area contributed by atoms with Crippen LogP contribution in [0.25, 0.3) is 10.7 Å². The average Bonchev–Trinajstić information content (AvgIpc) is 3.00. The minimum atomic E-state index is -0.540. The fraction of sp³-hybridized carbons (Fsp3) is 0.357. The Morgan fingerprint density at radius 2 is 2.38 bits per heavy atom. The summed E-state index contributed by atoms with van der Waals surface area (Å²) in [5, 5.41) is 2.97. The molecule has 21 heavy (non-hydrogen) atoms. The van der Waals surface area contributed by atoms with Crippen molar-refractivity contribution in [2.24, 2.45) is 5.73 Å². The molecule has 5 nitrogen and oxygen atoms in total. The Kier molecular flexibility index (Phi) is 6.16. The molecule has 0 fully saturated rings. The van der Waals surface area contributed by atoms with Crippen LogP contribution in [0.4, 0.5) is 0 Å². The molecule has 2 aromatic rings. The standard InChI is InChI=1S/C14H17N3O2S2/c1-19-14(18)11(15)5-7-20-8-10-9-21-13(17-10)12-4-2-3-6-16-12/h2-4,6,9,11H,5,7-8,15H2,1H3. The highest BCUT2D eigenvalue weighted by Gasteiger charge is 2.13. The number of esters is 1. The van der Waals surface area contributed by atoms with Crippen molar-refractivity contribution >= 4 is 29.1 Å². The summed E-state index contributed by atoms with van der Waals surface area (Å²) in [5.41, 5.74) is 7.60. The molecule has 0 aromatic carbocycles. The van der Waals surface area contributed by atoms with Gasteiger partial charge in [-0.3, -0.25) is 9.78 Å². The highest BCUT2D eigenvalue weighted by Crippen LogP contribution is 2.23. The van der Waals surface area contributed by atoms with E-state index in [9.17, 15) is 4.79 Å². The second kappa shape index (κ2) is 8.11. The first-order chi connectivity index (χ1) is 10.2. The van der Waals surface area contributed by atoms with Gasteiger partial charge in [0.2, 0.25) is 0 Å². The molecule has 0 amide bonds. The summed E-state index contributed by atoms with van der Waals surface area (Å²) in [7, 11) is 1.35. The van der Waals surface area contributed by atoms with Crippen LogP contribution in [0.5, 0.6) is 0 Å². The third-order valence-electron chi connectivity index (χ3n) is 2.76. The number of thioether (sulfide) groups is 1. The van der Waals surface area contributed by atoms with Crippen molar-refractivity contribution in [1.82, 2.24) is 9.97 Å². The van der Waals surface area contributed by atoms with Crippen molar-refractivity contribution in [3.63, 3.8) is 0 Å². The van der Waals surface area contributed by atoms with Crippen molar-refractivity contribution in [2.75, 3.05) is 12.9 Å². The summed E-state index contributed by atoms with van der Waals surface area (Å²) in [6, 6.07) is 5.25. The fourth-order valence-electron chi connectivity index (χ4n) is 1.64. The van der Waals surface area contributed by atoms with E-state index >= 15 is 0 Å². The minimum Gasteiger partial charge on any atom is -0.468 e. The van der Waals surface area contributed by atoms with Gasteiger partial charge in [-0.1, -0.05) is 6.07 Å². The Morgan fingerprint density at radius 1 is 1.52 bits per heavy atom. The number of nitrogens with two attached hydrogens (primary N) is 1. The second-order valence-electron chi connectivity index (χ2n) is 4.33. The molecule has 2 N–H and O–H groups in total. The maximum absolute atomic E-state index is 11.2. The van der Waals surface area contributed by atoms with Crippen LogP contribution in [-0.4, -0.2) is 34.8 Å². The summed E-state index contributed by atoms with van der Waals surface area (Å²) in [4.78, 5) is 20.0. The SMILES string of the molecule is COC(=O)C(N)CCSCc1csc(-c2ccccn2)n1. The summed E-state index contributed by atoms with van der Waals surface area (Å²) in [5.74, 6) is 1.24. The Morgan fingerprint density at radius 3 is 3.10 bits per heavy atom. The van der Waals surface area contributed by atoms with E-state index in [-0.39, 0.29) is 5.97 Å². The zero-order valence-electron chi connectivity index (χ0n) is 11.7. The van der Waals surface area contributed by atoms with Gasteiger partial charge in [0.1, 0.15) is 11.0 Å². The third kappa shape index (κ3) is 4.80. The molecule has 0 radical (unpaired) electrons. The van der Waals surface area contributed by atoms with Gasteiger partial charge in [0.05, 0.1) is 18.5 Å². The first-order valence-corrected chi connectivity index (χ1v) is 8.51. The maximum Gasteiger partial charge on any atom is 0.322 e. The number of thiazole rings is 1. The van der Waals surface area contributed by atoms with E-state index < -0.39 is 6.04 Å². The number of hydrogen-bond donors (Lipinski definition) is 1. The molecule has 0 aliphatic rings. The molecule has 0 bridgehead atoms. The number of methoxy groups -OCH3 is 1. The van der Waals surface area contributed by atoms with E-state index in [1.807, 2.05) is 23.6 Å². The van der Waals surface area contributed by atoms with Gasteiger partial charge in [-0.15, -0.1) is 11.3 Å². The molecule has 0 saturated heterocycles. The van der Waals surface area contributed by atoms with E-state index in [0.29, 0.717) is 6.42 Å². The first kappa shape index (κ1) is 15.9. The smallest absolute Gasteiger partial charge is 0.322 e. The topological polar surface area (TPSA) is 78.1 Å². The molecule has 0 aliphatic carbocycles. The van der Waals surface area contributed by atoms with Crippen LogP contribution in [0.2, 0.25) is 0 Å². The third-order valence-corrected chi connectivity index (χ3v) is 4.70. The van der Waals surface area contributed by atoms with Crippen LogP contribution in [-0.2, 0) is 15.3 Å². The molecular formula is C14H17N3O2S2. The molecule has 0 saturated carbocycles. The van der Waals surface area contributed by atoms with Crippen LogP contribution in [0, 0.1) is 0 Å². The number of carbonyl (C=O) groups is 1. The Hall–Kier alpha value is -1.44. The van der Waals surface area contributed by atoms with Crippen LogP contribution in [0.3, 0.4) is 0 Å². The lowest BCUT2D eigenvalue weighted by Crippen LogP contribution is -2.31. The van der Waals surface area contributed by atoms with Crippen molar-refractivity contribution in [3.8, 4) is 10.7 Å². The van der Waals surface area contributed by atoms with Gasteiger partial charge >= 0.3 is 5.97 Å². The highest BCUT2D eigenvalue weighted by molar-refractivity contribution is 7.98. The molecule has 112 valence electrons. The van der Waals surface area contributed by atoms with Crippen molar-refractivity contribution in [3.05, 3.63) is 35.5 Å². The quantitative estimate of drug-likeness (QED) is 0.622. The lowest BCUT2D eigenvalue weighted by Gasteiger charge is -2.07. The summed E-state index contributed by atoms with van der Waals surface area (Å²) in [6.07, 6.45) is 2.37. The Balaban J connectivity index is 1.77. The zero-order chi connectivity index (χ0) is 15.1. The van der Waals surface area contributed by atoms with Crippen molar-refractivity contribution in [1.29, 1.82) is 0 Å². The Bertz CT molecular complexity index is 575. The molecule has 0 aliphatic heterocycles. The maximum atomic E-state index is 11.2. The lowest BCUT2D eigenvalue weighted by atomic mass is 10.2. The monoisotopic (exact) mass is 323 g/mol. The number of nitrogens with zero attached hydrogens (tertiary/aromatic N) is 2. The van der Waals surface area contributed by atoms with E-state index in [1.54, 1.807) is 29.3 Å². The van der Waals surface area contributed by atoms with Gasteiger partial charge in [0.15, 0.2) is 0 Å². The first-order valence-electron chi connectivity index (χ1n) is 6.47. The van der Waals surface area contributed by atoms with Crippen LogP contribution in [0.15, 0.2) is 29.8 Å². The summed E-state index contributed by atoms with van der Waals surface area (Å²) >= 11 is 3.30. The molecule has 1 atom stereocenters. The molecule has 2 aromatic heterocycles. The summed E-state index contributed by atoms with van der Waals surface area (Å²) < 4.78 is 4.59. The van der Waals surface area contributed by atoms with E-state index in [1.165, 1.54) is 7.11 Å².